The van der Waals surface area contributed by atoms with Crippen LogP contribution in [0, 0.1) is 12.8 Å². The van der Waals surface area contributed by atoms with E-state index in [1.807, 2.05) is 13.2 Å². The second kappa shape index (κ2) is 10.9. The normalized spacial score (nSPS) is 15.8. The van der Waals surface area contributed by atoms with Gasteiger partial charge in [-0.15, -0.1) is 35.3 Å². The Bertz CT molecular complexity index is 540. The lowest BCUT2D eigenvalue weighted by molar-refractivity contribution is -0.121. The van der Waals surface area contributed by atoms with Gasteiger partial charge in [0.05, 0.1) is 5.01 Å². The molecule has 136 valence electrons. The van der Waals surface area contributed by atoms with Crippen LogP contribution in [0.15, 0.2) is 11.2 Å². The van der Waals surface area contributed by atoms with Crippen molar-refractivity contribution >= 4 is 47.2 Å². The average Bonchev–Trinajstić information content (AvgIpc) is 2.98. The Kier molecular flexibility index (Phi) is 9.57. The van der Waals surface area contributed by atoms with E-state index in [1.165, 1.54) is 4.88 Å². The summed E-state index contributed by atoms with van der Waals surface area (Å²) in [6, 6.07) is 0. The van der Waals surface area contributed by atoms with Crippen molar-refractivity contribution in [3.8, 4) is 0 Å². The van der Waals surface area contributed by atoms with Crippen LogP contribution in [0.5, 0.6) is 0 Å². The zero-order chi connectivity index (χ0) is 16.7. The average molecular weight is 465 g/mol. The fourth-order valence-corrected chi connectivity index (χ4v) is 3.63. The van der Waals surface area contributed by atoms with Crippen LogP contribution < -0.4 is 10.6 Å². The number of carbonyl (C=O) groups excluding carboxylic acids is 1. The molecule has 1 aliphatic heterocycles. The van der Waals surface area contributed by atoms with E-state index in [0.29, 0.717) is 12.3 Å². The summed E-state index contributed by atoms with van der Waals surface area (Å²) in [5.74, 6) is 1.59. The number of nitrogens with zero attached hydrogens (tertiary/aromatic N) is 3. The van der Waals surface area contributed by atoms with Crippen LogP contribution in [0.3, 0.4) is 0 Å². The van der Waals surface area contributed by atoms with Crippen LogP contribution in [0.2, 0.25) is 0 Å². The first kappa shape index (κ1) is 21.1. The monoisotopic (exact) mass is 465 g/mol. The number of likely N-dealkylation sites (tertiary alicyclic amines) is 1. The van der Waals surface area contributed by atoms with Gasteiger partial charge in [-0.05, 0) is 25.7 Å². The largest absolute Gasteiger partial charge is 0.359 e. The molecule has 0 unspecified atom stereocenters. The number of guanidine groups is 1. The molecule has 0 aliphatic carbocycles. The minimum atomic E-state index is 0. The molecule has 0 radical (unpaired) electrons. The van der Waals surface area contributed by atoms with Crippen molar-refractivity contribution in [2.45, 2.75) is 32.6 Å². The molecule has 8 heteroatoms. The second-order valence-corrected chi connectivity index (χ2v) is 7.22. The van der Waals surface area contributed by atoms with Crippen molar-refractivity contribution in [3.05, 3.63) is 16.1 Å². The zero-order valence-electron chi connectivity index (χ0n) is 14.7. The highest BCUT2D eigenvalue weighted by atomic mass is 127. The Morgan fingerprint density at radius 3 is 2.71 bits per heavy atom. The summed E-state index contributed by atoms with van der Waals surface area (Å²) in [6.45, 7) is 4.84. The van der Waals surface area contributed by atoms with Gasteiger partial charge in [0.1, 0.15) is 0 Å². The maximum atomic E-state index is 11.5. The molecule has 1 fully saturated rings. The summed E-state index contributed by atoms with van der Waals surface area (Å²) < 4.78 is 0. The third-order valence-corrected chi connectivity index (χ3v) is 5.14. The van der Waals surface area contributed by atoms with Crippen LogP contribution in [0.1, 0.15) is 29.1 Å². The number of halogens is 1. The minimum absolute atomic E-state index is 0. The Morgan fingerprint density at radius 2 is 2.17 bits per heavy atom. The van der Waals surface area contributed by atoms with E-state index in [1.54, 1.807) is 18.4 Å². The van der Waals surface area contributed by atoms with Crippen LogP contribution in [-0.2, 0) is 11.2 Å². The molecule has 0 atom stereocenters. The summed E-state index contributed by atoms with van der Waals surface area (Å²) in [6.07, 6.45) is 5.57. The van der Waals surface area contributed by atoms with Crippen LogP contribution >= 0.6 is 35.3 Å². The highest BCUT2D eigenvalue weighted by Gasteiger charge is 2.22. The summed E-state index contributed by atoms with van der Waals surface area (Å²) in [5, 5.41) is 7.30. The molecule has 1 amide bonds. The summed E-state index contributed by atoms with van der Waals surface area (Å²) in [5.41, 5.74) is 0. The number of amides is 1. The molecule has 6 nitrogen and oxygen atoms in total. The van der Waals surface area contributed by atoms with Crippen molar-refractivity contribution in [1.29, 1.82) is 0 Å². The Hall–Kier alpha value is -0.900. The smallest absolute Gasteiger partial charge is 0.220 e. The first-order valence-corrected chi connectivity index (χ1v) is 9.01. The molecule has 1 aromatic rings. The standard InChI is InChI=1S/C16H27N5OS.HI/c1-12-11-20-15(23-12)4-7-19-16(18-3)21-8-5-13(6-9-21)10-14(22)17-2;/h11,13H,4-10H2,1-3H3,(H,17,22)(H,18,19);1H. The summed E-state index contributed by atoms with van der Waals surface area (Å²) >= 11 is 1.75. The molecule has 1 saturated heterocycles. The van der Waals surface area contributed by atoms with Crippen molar-refractivity contribution < 1.29 is 4.79 Å². The highest BCUT2D eigenvalue weighted by molar-refractivity contribution is 14.0. The second-order valence-electron chi connectivity index (χ2n) is 5.90. The van der Waals surface area contributed by atoms with Gasteiger partial charge in [0.15, 0.2) is 5.96 Å². The van der Waals surface area contributed by atoms with E-state index in [0.717, 1.165) is 49.9 Å². The van der Waals surface area contributed by atoms with Gasteiger partial charge in [0.25, 0.3) is 0 Å². The highest BCUT2D eigenvalue weighted by Crippen LogP contribution is 2.20. The van der Waals surface area contributed by atoms with E-state index >= 15 is 0 Å². The molecule has 0 bridgehead atoms. The first-order chi connectivity index (χ1) is 11.1. The SMILES string of the molecule is CN=C(NCCc1ncc(C)s1)N1CCC(CC(=O)NC)CC1.I. The number of piperidine rings is 1. The van der Waals surface area contributed by atoms with E-state index in [2.05, 4.69) is 32.4 Å². The van der Waals surface area contributed by atoms with Gasteiger partial charge in [0.2, 0.25) is 5.91 Å². The lowest BCUT2D eigenvalue weighted by Crippen LogP contribution is -2.46. The van der Waals surface area contributed by atoms with Crippen molar-refractivity contribution in [2.75, 3.05) is 33.7 Å². The topological polar surface area (TPSA) is 69.6 Å². The first-order valence-electron chi connectivity index (χ1n) is 8.20. The van der Waals surface area contributed by atoms with Gasteiger partial charge in [-0.3, -0.25) is 9.79 Å². The number of rotatable bonds is 5. The number of thiazole rings is 1. The van der Waals surface area contributed by atoms with Gasteiger partial charge >= 0.3 is 0 Å². The van der Waals surface area contributed by atoms with Gasteiger partial charge in [0, 0.05) is 57.6 Å². The molecule has 0 saturated carbocycles. The number of aromatic nitrogens is 1. The molecular formula is C16H28IN5OS. The lowest BCUT2D eigenvalue weighted by Gasteiger charge is -2.34. The van der Waals surface area contributed by atoms with Crippen molar-refractivity contribution in [3.63, 3.8) is 0 Å². The maximum Gasteiger partial charge on any atom is 0.220 e. The molecular weight excluding hydrogens is 437 g/mol. The fourth-order valence-electron chi connectivity index (χ4n) is 2.84. The number of aliphatic imine (C=N–C) groups is 1. The lowest BCUT2D eigenvalue weighted by atomic mass is 9.93. The molecule has 2 rings (SSSR count). The summed E-state index contributed by atoms with van der Waals surface area (Å²) in [4.78, 5) is 23.8. The van der Waals surface area contributed by atoms with Crippen molar-refractivity contribution in [1.82, 2.24) is 20.5 Å². The summed E-state index contributed by atoms with van der Waals surface area (Å²) in [7, 11) is 3.53. The fraction of sp³-hybridized carbons (Fsp3) is 0.688. The number of carbonyl (C=O) groups is 1. The number of hydrogen-bond donors (Lipinski definition) is 2. The van der Waals surface area contributed by atoms with Gasteiger partial charge in [-0.2, -0.15) is 0 Å². The number of nitrogens with one attached hydrogen (secondary N) is 2. The number of hydrogen-bond acceptors (Lipinski definition) is 4. The Labute approximate surface area is 165 Å². The van der Waals surface area contributed by atoms with Crippen LogP contribution in [0.4, 0.5) is 0 Å². The quantitative estimate of drug-likeness (QED) is 0.397. The maximum absolute atomic E-state index is 11.5. The predicted molar refractivity (Wildman–Crippen MR) is 110 cm³/mol. The van der Waals surface area contributed by atoms with Gasteiger partial charge in [-0.1, -0.05) is 0 Å². The zero-order valence-corrected chi connectivity index (χ0v) is 17.8. The third-order valence-electron chi connectivity index (χ3n) is 4.17. The van der Waals surface area contributed by atoms with E-state index in [9.17, 15) is 4.79 Å². The predicted octanol–water partition coefficient (Wildman–Crippen LogP) is 2.04. The molecule has 24 heavy (non-hydrogen) atoms. The van der Waals surface area contributed by atoms with Crippen molar-refractivity contribution in [2.24, 2.45) is 10.9 Å². The third kappa shape index (κ3) is 6.54. The molecule has 2 N–H and O–H groups in total. The van der Waals surface area contributed by atoms with E-state index in [-0.39, 0.29) is 29.9 Å². The van der Waals surface area contributed by atoms with E-state index < -0.39 is 0 Å². The molecule has 0 aromatic carbocycles. The van der Waals surface area contributed by atoms with Crippen LogP contribution in [-0.4, -0.2) is 55.5 Å². The number of aryl methyl sites for hydroxylation is 1. The molecule has 1 aliphatic rings. The Balaban J connectivity index is 0.00000288. The minimum Gasteiger partial charge on any atom is -0.359 e. The van der Waals surface area contributed by atoms with Gasteiger partial charge in [-0.25, -0.2) is 4.98 Å². The molecule has 0 spiro atoms. The van der Waals surface area contributed by atoms with E-state index in [4.69, 9.17) is 0 Å². The van der Waals surface area contributed by atoms with Crippen LogP contribution in [0.25, 0.3) is 0 Å². The van der Waals surface area contributed by atoms with Gasteiger partial charge < -0.3 is 15.5 Å². The molecule has 2 heterocycles. The Morgan fingerprint density at radius 1 is 1.46 bits per heavy atom. The molecule has 1 aromatic heterocycles.